The molecule has 1 aliphatic heterocycles. The van der Waals surface area contributed by atoms with Gasteiger partial charge in [-0.05, 0) is 29.5 Å². The van der Waals surface area contributed by atoms with E-state index >= 15 is 0 Å². The standard InChI is InChI=1S/C9H12IN3OS/c1-6-4-13(5-8(10)14-6)9-11-2-7(15)3-12-9/h2-3,6,8,15H,4-5H2,1H3. The quantitative estimate of drug-likeness (QED) is 0.481. The Balaban J connectivity index is 2.12. The van der Waals surface area contributed by atoms with Crippen LogP contribution >= 0.6 is 35.2 Å². The number of ether oxygens (including phenoxy) is 1. The molecule has 0 saturated carbocycles. The van der Waals surface area contributed by atoms with Crippen LogP contribution in [0.1, 0.15) is 6.92 Å². The van der Waals surface area contributed by atoms with Crippen LogP contribution in [-0.4, -0.2) is 33.3 Å². The minimum absolute atomic E-state index is 0.200. The third-order valence-corrected chi connectivity index (χ3v) is 3.05. The average Bonchev–Trinajstić information content (AvgIpc) is 2.17. The van der Waals surface area contributed by atoms with E-state index in [-0.39, 0.29) is 10.2 Å². The lowest BCUT2D eigenvalue weighted by Gasteiger charge is -2.34. The number of rotatable bonds is 1. The van der Waals surface area contributed by atoms with Crippen LogP contribution in [0.4, 0.5) is 5.95 Å². The maximum Gasteiger partial charge on any atom is 0.225 e. The lowest BCUT2D eigenvalue weighted by atomic mass is 10.3. The van der Waals surface area contributed by atoms with E-state index in [2.05, 4.69) is 57.0 Å². The molecule has 0 aliphatic carbocycles. The summed E-state index contributed by atoms with van der Waals surface area (Å²) in [6.07, 6.45) is 3.65. The van der Waals surface area contributed by atoms with Crippen molar-refractivity contribution in [2.75, 3.05) is 18.0 Å². The smallest absolute Gasteiger partial charge is 0.225 e. The summed E-state index contributed by atoms with van der Waals surface area (Å²) in [7, 11) is 0. The molecular formula is C9H12IN3OS. The number of hydrogen-bond acceptors (Lipinski definition) is 5. The minimum atomic E-state index is 0.200. The van der Waals surface area contributed by atoms with Crippen LogP contribution in [0.5, 0.6) is 0 Å². The fourth-order valence-corrected chi connectivity index (χ4v) is 2.63. The summed E-state index contributed by atoms with van der Waals surface area (Å²) in [4.78, 5) is 11.4. The third-order valence-electron chi connectivity index (χ3n) is 2.13. The lowest BCUT2D eigenvalue weighted by Crippen LogP contribution is -2.45. The molecule has 82 valence electrons. The summed E-state index contributed by atoms with van der Waals surface area (Å²) in [6.45, 7) is 3.73. The van der Waals surface area contributed by atoms with E-state index in [1.54, 1.807) is 12.4 Å². The monoisotopic (exact) mass is 337 g/mol. The van der Waals surface area contributed by atoms with Gasteiger partial charge >= 0.3 is 0 Å². The van der Waals surface area contributed by atoms with Gasteiger partial charge in [0.1, 0.15) is 4.11 Å². The van der Waals surface area contributed by atoms with Crippen LogP contribution in [0.15, 0.2) is 17.3 Å². The topological polar surface area (TPSA) is 38.2 Å². The van der Waals surface area contributed by atoms with Crippen molar-refractivity contribution in [3.63, 3.8) is 0 Å². The first kappa shape index (κ1) is 11.4. The predicted octanol–water partition coefficient (Wildman–Crippen LogP) is 1.75. The molecule has 0 N–H and O–H groups in total. The molecule has 0 radical (unpaired) electrons. The maximum absolute atomic E-state index is 5.64. The number of hydrogen-bond donors (Lipinski definition) is 1. The second-order valence-electron chi connectivity index (χ2n) is 3.50. The van der Waals surface area contributed by atoms with Crippen LogP contribution in [-0.2, 0) is 4.74 Å². The molecule has 1 fully saturated rings. The van der Waals surface area contributed by atoms with Crippen molar-refractivity contribution in [1.29, 1.82) is 0 Å². The number of halogens is 1. The zero-order valence-corrected chi connectivity index (χ0v) is 11.4. The molecule has 4 nitrogen and oxygen atoms in total. The van der Waals surface area contributed by atoms with Gasteiger partial charge in [-0.2, -0.15) is 0 Å². The van der Waals surface area contributed by atoms with Crippen molar-refractivity contribution in [2.24, 2.45) is 0 Å². The summed E-state index contributed by atoms with van der Waals surface area (Å²) in [5.74, 6) is 0.754. The van der Waals surface area contributed by atoms with Gasteiger partial charge in [0.05, 0.1) is 12.6 Å². The molecule has 6 heteroatoms. The number of thiol groups is 1. The molecule has 2 heterocycles. The number of nitrogens with zero attached hydrogens (tertiary/aromatic N) is 3. The number of alkyl halides is 1. The van der Waals surface area contributed by atoms with Crippen molar-refractivity contribution in [1.82, 2.24) is 9.97 Å². The molecule has 1 aromatic heterocycles. The van der Waals surface area contributed by atoms with Gasteiger partial charge in [0.15, 0.2) is 0 Å². The lowest BCUT2D eigenvalue weighted by molar-refractivity contribution is 0.0411. The second-order valence-corrected chi connectivity index (χ2v) is 5.41. The van der Waals surface area contributed by atoms with E-state index in [0.717, 1.165) is 23.9 Å². The summed E-state index contributed by atoms with van der Waals surface area (Å²) in [5, 5.41) is 0. The SMILES string of the molecule is CC1CN(c2ncc(S)cn2)CC(I)O1. The van der Waals surface area contributed by atoms with Gasteiger partial charge in [-0.15, -0.1) is 12.6 Å². The second kappa shape index (κ2) is 4.84. The van der Waals surface area contributed by atoms with Gasteiger partial charge in [-0.25, -0.2) is 9.97 Å². The molecule has 2 unspecified atom stereocenters. The highest BCUT2D eigenvalue weighted by Gasteiger charge is 2.24. The molecule has 0 aromatic carbocycles. The molecule has 1 aliphatic rings. The van der Waals surface area contributed by atoms with E-state index in [9.17, 15) is 0 Å². The van der Waals surface area contributed by atoms with E-state index in [4.69, 9.17) is 4.74 Å². The molecule has 0 bridgehead atoms. The van der Waals surface area contributed by atoms with Crippen molar-refractivity contribution in [2.45, 2.75) is 22.0 Å². The fourth-order valence-electron chi connectivity index (χ4n) is 1.54. The zero-order valence-electron chi connectivity index (χ0n) is 8.30. The molecule has 15 heavy (non-hydrogen) atoms. The largest absolute Gasteiger partial charge is 0.361 e. The number of aromatic nitrogens is 2. The Morgan fingerprint density at radius 2 is 2.13 bits per heavy atom. The Kier molecular flexibility index (Phi) is 3.68. The highest BCUT2D eigenvalue weighted by atomic mass is 127. The Labute approximate surface area is 108 Å². The maximum atomic E-state index is 5.64. The van der Waals surface area contributed by atoms with E-state index < -0.39 is 0 Å². The normalized spacial score (nSPS) is 26.7. The van der Waals surface area contributed by atoms with Gasteiger partial charge in [0, 0.05) is 23.8 Å². The van der Waals surface area contributed by atoms with Crippen molar-refractivity contribution in [3.05, 3.63) is 12.4 Å². The zero-order chi connectivity index (χ0) is 10.8. The molecule has 2 rings (SSSR count). The highest BCUT2D eigenvalue weighted by Crippen LogP contribution is 2.19. The minimum Gasteiger partial charge on any atom is -0.361 e. The Morgan fingerprint density at radius 3 is 2.73 bits per heavy atom. The third kappa shape index (κ3) is 2.94. The Bertz CT molecular complexity index is 325. The summed E-state index contributed by atoms with van der Waals surface area (Å²) < 4.78 is 5.84. The van der Waals surface area contributed by atoms with E-state index in [1.807, 2.05) is 0 Å². The van der Waals surface area contributed by atoms with Crippen LogP contribution in [0.25, 0.3) is 0 Å². The molecule has 0 amide bonds. The average molecular weight is 337 g/mol. The fraction of sp³-hybridized carbons (Fsp3) is 0.556. The highest BCUT2D eigenvalue weighted by molar-refractivity contribution is 14.1. The van der Waals surface area contributed by atoms with Gasteiger partial charge in [0.2, 0.25) is 5.95 Å². The van der Waals surface area contributed by atoms with Gasteiger partial charge in [-0.3, -0.25) is 0 Å². The molecule has 2 atom stereocenters. The van der Waals surface area contributed by atoms with Crippen molar-refractivity contribution < 1.29 is 4.74 Å². The van der Waals surface area contributed by atoms with Crippen LogP contribution < -0.4 is 4.90 Å². The van der Waals surface area contributed by atoms with Crippen LogP contribution in [0, 0.1) is 0 Å². The van der Waals surface area contributed by atoms with Gasteiger partial charge < -0.3 is 9.64 Å². The van der Waals surface area contributed by atoms with Crippen molar-refractivity contribution in [3.8, 4) is 0 Å². The first-order valence-electron chi connectivity index (χ1n) is 4.70. The van der Waals surface area contributed by atoms with Crippen LogP contribution in [0.2, 0.25) is 0 Å². The van der Waals surface area contributed by atoms with Crippen LogP contribution in [0.3, 0.4) is 0 Å². The molecule has 0 spiro atoms. The van der Waals surface area contributed by atoms with Gasteiger partial charge in [0.25, 0.3) is 0 Å². The van der Waals surface area contributed by atoms with Gasteiger partial charge in [-0.1, -0.05) is 0 Å². The first-order chi connectivity index (χ1) is 7.15. The first-order valence-corrected chi connectivity index (χ1v) is 6.40. The molecule has 1 aromatic rings. The van der Waals surface area contributed by atoms with Crippen molar-refractivity contribution >= 4 is 41.2 Å². The Hall–Kier alpha value is -0.0800. The van der Waals surface area contributed by atoms with E-state index in [0.29, 0.717) is 0 Å². The van der Waals surface area contributed by atoms with E-state index in [1.165, 1.54) is 0 Å². The Morgan fingerprint density at radius 1 is 1.47 bits per heavy atom. The predicted molar refractivity (Wildman–Crippen MR) is 69.9 cm³/mol. The molecule has 1 saturated heterocycles. The summed E-state index contributed by atoms with van der Waals surface area (Å²) >= 11 is 6.45. The summed E-state index contributed by atoms with van der Waals surface area (Å²) in [6, 6.07) is 0. The number of anilines is 1. The summed E-state index contributed by atoms with van der Waals surface area (Å²) in [5.41, 5.74) is 0. The molecular weight excluding hydrogens is 325 g/mol. The number of morpholine rings is 1.